The first-order chi connectivity index (χ1) is 13.1. The van der Waals surface area contributed by atoms with Crippen LogP contribution in [0.2, 0.25) is 0 Å². The van der Waals surface area contributed by atoms with Crippen LogP contribution in [-0.2, 0) is 9.47 Å². The highest BCUT2D eigenvalue weighted by molar-refractivity contribution is 6.02. The topological polar surface area (TPSA) is 106 Å². The number of hydrogen-bond acceptors (Lipinski definition) is 9. The minimum Gasteiger partial charge on any atom is -0.383 e. The summed E-state index contributed by atoms with van der Waals surface area (Å²) in [4.78, 5) is 25.7. The summed E-state index contributed by atoms with van der Waals surface area (Å²) in [5, 5.41) is 6.49. The SMILES string of the molecule is COCCN(C)c1cc(C(=O)Nc2cc(C)on2)nc(N2CCOCC2)n1. The van der Waals surface area contributed by atoms with Gasteiger partial charge in [-0.05, 0) is 6.92 Å². The second kappa shape index (κ2) is 8.78. The zero-order chi connectivity index (χ0) is 19.2. The van der Waals surface area contributed by atoms with E-state index in [1.165, 1.54) is 0 Å². The van der Waals surface area contributed by atoms with E-state index >= 15 is 0 Å². The number of carbonyl (C=O) groups excluding carboxylic acids is 1. The number of aryl methyl sites for hydroxylation is 1. The van der Waals surface area contributed by atoms with Crippen molar-refractivity contribution in [3.05, 3.63) is 23.6 Å². The van der Waals surface area contributed by atoms with E-state index in [4.69, 9.17) is 14.0 Å². The number of amides is 1. The van der Waals surface area contributed by atoms with Crippen LogP contribution < -0.4 is 15.1 Å². The molecule has 2 aromatic heterocycles. The molecule has 0 unspecified atom stereocenters. The van der Waals surface area contributed by atoms with Crippen LogP contribution in [0.1, 0.15) is 16.2 Å². The van der Waals surface area contributed by atoms with Gasteiger partial charge in [-0.15, -0.1) is 0 Å². The van der Waals surface area contributed by atoms with E-state index in [1.807, 2.05) is 16.8 Å². The van der Waals surface area contributed by atoms with Crippen LogP contribution in [0.5, 0.6) is 0 Å². The van der Waals surface area contributed by atoms with Crippen molar-refractivity contribution in [1.29, 1.82) is 0 Å². The lowest BCUT2D eigenvalue weighted by atomic mass is 10.3. The molecule has 1 aliphatic heterocycles. The van der Waals surface area contributed by atoms with Gasteiger partial charge in [0, 0.05) is 45.9 Å². The number of likely N-dealkylation sites (N-methyl/N-ethyl adjacent to an activating group) is 1. The lowest BCUT2D eigenvalue weighted by Gasteiger charge is -2.28. The van der Waals surface area contributed by atoms with Gasteiger partial charge in [-0.2, -0.15) is 4.98 Å². The number of methoxy groups -OCH3 is 1. The number of carbonyl (C=O) groups is 1. The Balaban J connectivity index is 1.86. The quantitative estimate of drug-likeness (QED) is 0.756. The van der Waals surface area contributed by atoms with Crippen molar-refractivity contribution in [3.63, 3.8) is 0 Å². The molecular formula is C17H24N6O4. The number of ether oxygens (including phenoxy) is 2. The molecule has 10 heteroatoms. The van der Waals surface area contributed by atoms with Crippen LogP contribution in [0.25, 0.3) is 0 Å². The van der Waals surface area contributed by atoms with E-state index in [0.717, 1.165) is 0 Å². The minimum absolute atomic E-state index is 0.256. The van der Waals surface area contributed by atoms with Crippen LogP contribution >= 0.6 is 0 Å². The Bertz CT molecular complexity index is 775. The van der Waals surface area contributed by atoms with Gasteiger partial charge < -0.3 is 29.1 Å². The van der Waals surface area contributed by atoms with Crippen molar-refractivity contribution in [2.75, 3.05) is 68.7 Å². The number of nitrogens with one attached hydrogen (secondary N) is 1. The van der Waals surface area contributed by atoms with Crippen molar-refractivity contribution in [1.82, 2.24) is 15.1 Å². The van der Waals surface area contributed by atoms with Crippen molar-refractivity contribution >= 4 is 23.5 Å². The number of morpholine rings is 1. The zero-order valence-corrected chi connectivity index (χ0v) is 15.8. The molecule has 1 aliphatic rings. The first-order valence-electron chi connectivity index (χ1n) is 8.73. The Kier molecular flexibility index (Phi) is 6.20. The summed E-state index contributed by atoms with van der Waals surface area (Å²) < 4.78 is 15.5. The predicted octanol–water partition coefficient (Wildman–Crippen LogP) is 0.945. The summed E-state index contributed by atoms with van der Waals surface area (Å²) in [5.74, 6) is 1.73. The summed E-state index contributed by atoms with van der Waals surface area (Å²) in [7, 11) is 3.54. The average molecular weight is 376 g/mol. The second-order valence-electron chi connectivity index (χ2n) is 6.20. The van der Waals surface area contributed by atoms with E-state index in [-0.39, 0.29) is 11.6 Å². The molecule has 2 aromatic rings. The monoisotopic (exact) mass is 376 g/mol. The van der Waals surface area contributed by atoms with E-state index < -0.39 is 0 Å². The molecule has 0 bridgehead atoms. The summed E-state index contributed by atoms with van der Waals surface area (Å²) in [6.07, 6.45) is 0. The van der Waals surface area contributed by atoms with Crippen molar-refractivity contribution in [2.45, 2.75) is 6.92 Å². The molecule has 1 N–H and O–H groups in total. The molecule has 0 atom stereocenters. The van der Waals surface area contributed by atoms with Gasteiger partial charge in [0.05, 0.1) is 19.8 Å². The van der Waals surface area contributed by atoms with E-state index in [0.29, 0.717) is 62.8 Å². The largest absolute Gasteiger partial charge is 0.383 e. The average Bonchev–Trinajstić information content (AvgIpc) is 3.11. The number of hydrogen-bond donors (Lipinski definition) is 1. The number of nitrogens with zero attached hydrogens (tertiary/aromatic N) is 5. The van der Waals surface area contributed by atoms with E-state index in [9.17, 15) is 4.79 Å². The Morgan fingerprint density at radius 2 is 2.11 bits per heavy atom. The van der Waals surface area contributed by atoms with Gasteiger partial charge in [-0.1, -0.05) is 5.16 Å². The fourth-order valence-electron chi connectivity index (χ4n) is 2.59. The minimum atomic E-state index is -0.374. The smallest absolute Gasteiger partial charge is 0.275 e. The fourth-order valence-corrected chi connectivity index (χ4v) is 2.59. The van der Waals surface area contributed by atoms with Crippen LogP contribution in [0.3, 0.4) is 0 Å². The van der Waals surface area contributed by atoms with Gasteiger partial charge in [-0.25, -0.2) is 4.98 Å². The molecule has 0 aromatic carbocycles. The van der Waals surface area contributed by atoms with Crippen molar-refractivity contribution in [3.8, 4) is 0 Å². The third-order valence-electron chi connectivity index (χ3n) is 4.12. The van der Waals surface area contributed by atoms with E-state index in [2.05, 4.69) is 20.4 Å². The Morgan fingerprint density at radius 3 is 2.78 bits per heavy atom. The molecule has 3 heterocycles. The number of rotatable bonds is 7. The molecule has 0 radical (unpaired) electrons. The lowest BCUT2D eigenvalue weighted by molar-refractivity contribution is 0.102. The second-order valence-corrected chi connectivity index (χ2v) is 6.20. The summed E-state index contributed by atoms with van der Waals surface area (Å²) in [6, 6.07) is 3.30. The highest BCUT2D eigenvalue weighted by Gasteiger charge is 2.20. The third-order valence-corrected chi connectivity index (χ3v) is 4.12. The number of aromatic nitrogens is 3. The molecular weight excluding hydrogens is 352 g/mol. The summed E-state index contributed by atoms with van der Waals surface area (Å²) >= 11 is 0. The molecule has 27 heavy (non-hydrogen) atoms. The molecule has 0 aliphatic carbocycles. The van der Waals surface area contributed by atoms with Gasteiger partial charge in [0.1, 0.15) is 17.3 Å². The molecule has 3 rings (SSSR count). The maximum absolute atomic E-state index is 12.7. The normalized spacial score (nSPS) is 14.3. The summed E-state index contributed by atoms with van der Waals surface area (Å²) in [5.41, 5.74) is 0.256. The van der Waals surface area contributed by atoms with Crippen LogP contribution in [0.15, 0.2) is 16.7 Å². The van der Waals surface area contributed by atoms with Crippen LogP contribution in [0, 0.1) is 6.92 Å². The standard InChI is InChI=1S/C17H24N6O4/c1-12-10-14(21-27-12)19-16(24)13-11-15(22(2)4-7-25-3)20-17(18-13)23-5-8-26-9-6-23/h10-11H,4-9H2,1-3H3,(H,19,21,24). The Hall–Kier alpha value is -2.72. The zero-order valence-electron chi connectivity index (χ0n) is 15.8. The molecule has 1 fully saturated rings. The first kappa shape index (κ1) is 19.1. The molecule has 10 nitrogen and oxygen atoms in total. The third kappa shape index (κ3) is 4.92. The van der Waals surface area contributed by atoms with Gasteiger partial charge in [0.15, 0.2) is 5.82 Å². The molecule has 146 valence electrons. The van der Waals surface area contributed by atoms with Gasteiger partial charge >= 0.3 is 0 Å². The molecule has 0 spiro atoms. The number of anilines is 3. The van der Waals surface area contributed by atoms with Gasteiger partial charge in [0.25, 0.3) is 5.91 Å². The molecule has 1 amide bonds. The fraction of sp³-hybridized carbons (Fsp3) is 0.529. The van der Waals surface area contributed by atoms with Crippen LogP contribution in [-0.4, -0.2) is 74.6 Å². The predicted molar refractivity (Wildman–Crippen MR) is 99.4 cm³/mol. The Labute approximate surface area is 157 Å². The molecule has 0 saturated carbocycles. The Morgan fingerprint density at radius 1 is 1.33 bits per heavy atom. The van der Waals surface area contributed by atoms with E-state index in [1.54, 1.807) is 26.2 Å². The molecule has 1 saturated heterocycles. The highest BCUT2D eigenvalue weighted by Crippen LogP contribution is 2.19. The van der Waals surface area contributed by atoms with Gasteiger partial charge in [0.2, 0.25) is 5.95 Å². The highest BCUT2D eigenvalue weighted by atomic mass is 16.5. The van der Waals surface area contributed by atoms with Gasteiger partial charge in [-0.3, -0.25) is 4.79 Å². The van der Waals surface area contributed by atoms with Crippen molar-refractivity contribution < 1.29 is 18.8 Å². The summed E-state index contributed by atoms with van der Waals surface area (Å²) in [6.45, 7) is 5.50. The van der Waals surface area contributed by atoms with Crippen LogP contribution in [0.4, 0.5) is 17.6 Å². The maximum Gasteiger partial charge on any atom is 0.275 e. The lowest BCUT2D eigenvalue weighted by Crippen LogP contribution is -2.38. The first-order valence-corrected chi connectivity index (χ1v) is 8.73. The van der Waals surface area contributed by atoms with Crippen molar-refractivity contribution in [2.24, 2.45) is 0 Å². The maximum atomic E-state index is 12.7.